The lowest BCUT2D eigenvalue weighted by Crippen LogP contribution is -2.41. The van der Waals surface area contributed by atoms with Gasteiger partial charge in [-0.1, -0.05) is 18.2 Å². The maximum atomic E-state index is 12.6. The Kier molecular flexibility index (Phi) is 5.56. The van der Waals surface area contributed by atoms with Gasteiger partial charge in [-0.15, -0.1) is 0 Å². The number of carbonyl (C=O) groups is 1. The van der Waals surface area contributed by atoms with Gasteiger partial charge < -0.3 is 23.7 Å². The average molecular weight is 403 g/mol. The Morgan fingerprint density at radius 2 is 1.76 bits per heavy atom. The minimum absolute atomic E-state index is 0.129. The van der Waals surface area contributed by atoms with Crippen molar-refractivity contribution in [1.29, 1.82) is 0 Å². The fourth-order valence-electron chi connectivity index (χ4n) is 3.86. The van der Waals surface area contributed by atoms with Gasteiger partial charge in [-0.25, -0.2) is 4.79 Å². The molecule has 0 spiro atoms. The second-order valence-corrected chi connectivity index (χ2v) is 10.1. The van der Waals surface area contributed by atoms with Gasteiger partial charge in [0.25, 0.3) is 0 Å². The highest BCUT2D eigenvalue weighted by Gasteiger charge is 2.52. The molecule has 0 aromatic heterocycles. The third-order valence-electron chi connectivity index (χ3n) is 6.19. The number of hydrogen-bond acceptors (Lipinski definition) is 5. The first-order valence-corrected chi connectivity index (χ1v) is 10.2. The molecule has 0 unspecified atom stereocenters. The second kappa shape index (κ2) is 7.29. The molecule has 160 valence electrons. The van der Waals surface area contributed by atoms with Crippen LogP contribution in [0.2, 0.25) is 0 Å². The lowest BCUT2D eigenvalue weighted by Gasteiger charge is -2.32. The van der Waals surface area contributed by atoms with E-state index >= 15 is 0 Å². The average Bonchev–Trinajstić information content (AvgIpc) is 3.05. The van der Waals surface area contributed by atoms with Gasteiger partial charge in [-0.05, 0) is 65.1 Å². The Hall–Kier alpha value is -1.57. The highest BCUT2D eigenvalue weighted by atomic mass is 16.7. The summed E-state index contributed by atoms with van der Waals surface area (Å²) in [6.07, 6.45) is 0.236. The van der Waals surface area contributed by atoms with E-state index in [1.165, 1.54) is 0 Å². The third kappa shape index (κ3) is 4.18. The smallest absolute Gasteiger partial charge is 0.444 e. The molecule has 2 atom stereocenters. The van der Waals surface area contributed by atoms with Crippen molar-refractivity contribution in [3.05, 3.63) is 29.3 Å². The number of nitrogens with zero attached hydrogens (tertiary/aromatic N) is 1. The molecule has 1 fully saturated rings. The topological polar surface area (TPSA) is 57.2 Å². The van der Waals surface area contributed by atoms with Crippen LogP contribution in [0.25, 0.3) is 0 Å². The molecule has 1 heterocycles. The number of amides is 1. The zero-order chi connectivity index (χ0) is 21.8. The number of fused-ring (bicyclic) bond motifs is 1. The number of carbonyl (C=O) groups excluding carboxylic acids is 1. The summed E-state index contributed by atoms with van der Waals surface area (Å²) < 4.78 is 23.7. The zero-order valence-corrected chi connectivity index (χ0v) is 19.2. The number of benzene rings is 1. The molecular formula is C22H34BNO5. The first kappa shape index (κ1) is 22.1. The Morgan fingerprint density at radius 1 is 1.17 bits per heavy atom. The Morgan fingerprint density at radius 3 is 2.28 bits per heavy atom. The van der Waals surface area contributed by atoms with Crippen molar-refractivity contribution in [2.45, 2.75) is 83.8 Å². The zero-order valence-electron chi connectivity index (χ0n) is 19.2. The molecule has 1 saturated heterocycles. The van der Waals surface area contributed by atoms with E-state index in [-0.39, 0.29) is 29.4 Å². The van der Waals surface area contributed by atoms with Crippen LogP contribution in [0.1, 0.15) is 65.6 Å². The van der Waals surface area contributed by atoms with Crippen molar-refractivity contribution in [3.8, 4) is 0 Å². The molecule has 29 heavy (non-hydrogen) atoms. The highest BCUT2D eigenvalue weighted by Crippen LogP contribution is 2.39. The molecule has 1 aliphatic heterocycles. The number of hydrogen-bond donors (Lipinski definition) is 0. The first-order chi connectivity index (χ1) is 13.3. The molecule has 6 nitrogen and oxygen atoms in total. The van der Waals surface area contributed by atoms with Crippen LogP contribution >= 0.6 is 0 Å². The summed E-state index contributed by atoms with van der Waals surface area (Å²) in [5.41, 5.74) is 1.89. The van der Waals surface area contributed by atoms with Crippen molar-refractivity contribution in [3.63, 3.8) is 0 Å². The summed E-state index contributed by atoms with van der Waals surface area (Å²) in [4.78, 5) is 14.3. The third-order valence-corrected chi connectivity index (χ3v) is 6.19. The summed E-state index contributed by atoms with van der Waals surface area (Å²) in [5, 5.41) is 0. The van der Waals surface area contributed by atoms with E-state index in [1.807, 2.05) is 54.5 Å². The first-order valence-electron chi connectivity index (χ1n) is 10.2. The van der Waals surface area contributed by atoms with Gasteiger partial charge >= 0.3 is 13.2 Å². The van der Waals surface area contributed by atoms with Gasteiger partial charge in [-0.2, -0.15) is 0 Å². The van der Waals surface area contributed by atoms with Crippen molar-refractivity contribution in [1.82, 2.24) is 4.90 Å². The SMILES string of the molecule is CO[C@@H]1Cc2cc(B3OC(C)(C)C(C)(C)O3)ccc2[C@@H]1N(C)C(=O)OC(C)(C)C. The van der Waals surface area contributed by atoms with Gasteiger partial charge in [0, 0.05) is 20.6 Å². The second-order valence-electron chi connectivity index (χ2n) is 10.1. The fraction of sp³-hybridized carbons (Fsp3) is 0.682. The lowest BCUT2D eigenvalue weighted by atomic mass is 9.78. The Balaban J connectivity index is 1.86. The van der Waals surface area contributed by atoms with E-state index in [1.54, 1.807) is 19.1 Å². The molecule has 1 aliphatic carbocycles. The molecule has 1 amide bonds. The maximum Gasteiger partial charge on any atom is 0.494 e. The van der Waals surface area contributed by atoms with Crippen LogP contribution < -0.4 is 5.46 Å². The Labute approximate surface area is 175 Å². The molecule has 1 aromatic rings. The lowest BCUT2D eigenvalue weighted by molar-refractivity contribution is -0.00471. The van der Waals surface area contributed by atoms with Gasteiger partial charge in [-0.3, -0.25) is 0 Å². The number of likely N-dealkylation sites (N-methyl/N-ethyl adjacent to an activating group) is 1. The van der Waals surface area contributed by atoms with Crippen LogP contribution in [0.3, 0.4) is 0 Å². The van der Waals surface area contributed by atoms with E-state index in [4.69, 9.17) is 18.8 Å². The largest absolute Gasteiger partial charge is 0.494 e. The van der Waals surface area contributed by atoms with E-state index in [2.05, 4.69) is 12.1 Å². The van der Waals surface area contributed by atoms with Crippen LogP contribution in [-0.4, -0.2) is 55.2 Å². The van der Waals surface area contributed by atoms with Crippen molar-refractivity contribution >= 4 is 18.7 Å². The van der Waals surface area contributed by atoms with Crippen LogP contribution in [0.4, 0.5) is 4.79 Å². The molecule has 0 radical (unpaired) electrons. The van der Waals surface area contributed by atoms with Gasteiger partial charge in [0.15, 0.2) is 0 Å². The Bertz CT molecular complexity index is 770. The van der Waals surface area contributed by atoms with E-state index < -0.39 is 12.7 Å². The standard InChI is InChI=1S/C22H34BNO5/c1-20(2,3)27-19(25)24(8)18-16-11-10-15(12-14(16)13-17(18)26-9)23-28-21(4,5)22(6,7)29-23/h10-12,17-18H,13H2,1-9H3/t17-,18+/m1/s1. The van der Waals surface area contributed by atoms with E-state index in [0.717, 1.165) is 23.0 Å². The molecule has 0 bridgehead atoms. The highest BCUT2D eigenvalue weighted by molar-refractivity contribution is 6.62. The van der Waals surface area contributed by atoms with Crippen molar-refractivity contribution < 1.29 is 23.6 Å². The minimum Gasteiger partial charge on any atom is -0.444 e. The van der Waals surface area contributed by atoms with E-state index in [9.17, 15) is 4.79 Å². The molecule has 1 aromatic carbocycles. The van der Waals surface area contributed by atoms with Crippen LogP contribution in [-0.2, 0) is 25.2 Å². The maximum absolute atomic E-state index is 12.6. The molecule has 7 heteroatoms. The predicted molar refractivity (Wildman–Crippen MR) is 113 cm³/mol. The summed E-state index contributed by atoms with van der Waals surface area (Å²) in [6.45, 7) is 13.8. The molecule has 0 saturated carbocycles. The minimum atomic E-state index is -0.546. The molecule has 3 rings (SSSR count). The predicted octanol–water partition coefficient (Wildman–Crippen LogP) is 3.46. The summed E-state index contributed by atoms with van der Waals surface area (Å²) in [5.74, 6) is 0. The summed E-state index contributed by atoms with van der Waals surface area (Å²) in [6, 6.07) is 6.00. The van der Waals surface area contributed by atoms with Crippen LogP contribution in [0.5, 0.6) is 0 Å². The molecule has 0 N–H and O–H groups in total. The van der Waals surface area contributed by atoms with Crippen LogP contribution in [0, 0.1) is 0 Å². The van der Waals surface area contributed by atoms with Gasteiger partial charge in [0.1, 0.15) is 5.60 Å². The fourth-order valence-corrected chi connectivity index (χ4v) is 3.86. The van der Waals surface area contributed by atoms with Crippen molar-refractivity contribution in [2.24, 2.45) is 0 Å². The summed E-state index contributed by atoms with van der Waals surface area (Å²) >= 11 is 0. The van der Waals surface area contributed by atoms with E-state index in [0.29, 0.717) is 0 Å². The normalized spacial score (nSPS) is 25.1. The van der Waals surface area contributed by atoms with Gasteiger partial charge in [0.05, 0.1) is 23.3 Å². The molecular weight excluding hydrogens is 369 g/mol. The summed E-state index contributed by atoms with van der Waals surface area (Å²) in [7, 11) is 3.04. The van der Waals surface area contributed by atoms with Crippen molar-refractivity contribution in [2.75, 3.05) is 14.2 Å². The van der Waals surface area contributed by atoms with Gasteiger partial charge in [0.2, 0.25) is 0 Å². The van der Waals surface area contributed by atoms with Crippen LogP contribution in [0.15, 0.2) is 18.2 Å². The molecule has 2 aliphatic rings. The number of ether oxygens (including phenoxy) is 2. The quantitative estimate of drug-likeness (QED) is 0.724. The number of methoxy groups -OCH3 is 1. The number of rotatable bonds is 3. The monoisotopic (exact) mass is 403 g/mol.